The van der Waals surface area contributed by atoms with Crippen molar-refractivity contribution in [2.24, 2.45) is 35.5 Å². The molecule has 1 saturated heterocycles. The molecule has 7 atom stereocenters. The Kier molecular flexibility index (Phi) is 3.92. The van der Waals surface area contributed by atoms with Gasteiger partial charge >= 0.3 is 0 Å². The fourth-order valence-corrected chi connectivity index (χ4v) is 6.34. The summed E-state index contributed by atoms with van der Waals surface area (Å²) < 4.78 is 1.35. The molecule has 0 aromatic carbocycles. The first-order valence-electron chi connectivity index (χ1n) is 8.97. The summed E-state index contributed by atoms with van der Waals surface area (Å²) in [5.74, 6) is 6.18. The molecule has 3 saturated carbocycles. The van der Waals surface area contributed by atoms with Crippen LogP contribution in [0.2, 0.25) is 0 Å². The second-order valence-electron chi connectivity index (χ2n) is 8.53. The van der Waals surface area contributed by atoms with Crippen molar-refractivity contribution in [1.29, 1.82) is 0 Å². The average molecular weight is 279 g/mol. The summed E-state index contributed by atoms with van der Waals surface area (Å²) in [7, 11) is 7.06. The topological polar surface area (TPSA) is 3.24 Å². The molecule has 0 aromatic heterocycles. The van der Waals surface area contributed by atoms with Crippen LogP contribution in [0, 0.1) is 35.5 Å². The van der Waals surface area contributed by atoms with E-state index in [0.29, 0.717) is 0 Å². The predicted octanol–water partition coefficient (Wildman–Crippen LogP) is 2.94. The molecule has 0 radical (unpaired) electrons. The fourth-order valence-electron chi connectivity index (χ4n) is 6.34. The summed E-state index contributed by atoms with van der Waals surface area (Å²) >= 11 is 0. The molecule has 1 heterocycles. The van der Waals surface area contributed by atoms with Crippen molar-refractivity contribution in [3.63, 3.8) is 0 Å². The van der Waals surface area contributed by atoms with E-state index in [1.54, 1.807) is 0 Å². The monoisotopic (exact) mass is 279 g/mol. The Morgan fingerprint density at radius 2 is 1.45 bits per heavy atom. The molecule has 0 aromatic rings. The van der Waals surface area contributed by atoms with Gasteiger partial charge in [-0.15, -0.1) is 0 Å². The number of hydrogen-bond donors (Lipinski definition) is 0. The molecule has 2 bridgehead atoms. The smallest absolute Gasteiger partial charge is 0.0820 e. The van der Waals surface area contributed by atoms with Crippen molar-refractivity contribution >= 4 is 0 Å². The maximum atomic E-state index is 2.51. The molecule has 4 aliphatic rings. The van der Waals surface area contributed by atoms with Crippen LogP contribution < -0.4 is 0 Å². The quantitative estimate of drug-likeness (QED) is 0.715. The predicted molar refractivity (Wildman–Crippen MR) is 85.5 cm³/mol. The van der Waals surface area contributed by atoms with Crippen LogP contribution in [-0.2, 0) is 0 Å². The zero-order valence-corrected chi connectivity index (χ0v) is 14.3. The summed E-state index contributed by atoms with van der Waals surface area (Å²) in [5.41, 5.74) is 0. The lowest BCUT2D eigenvalue weighted by molar-refractivity contribution is -0.898. The highest BCUT2D eigenvalue weighted by Crippen LogP contribution is 2.58. The summed E-state index contributed by atoms with van der Waals surface area (Å²) in [6.45, 7) is 10.5. The fraction of sp³-hybridized carbons (Fsp3) is 1.00. The van der Waals surface area contributed by atoms with E-state index >= 15 is 0 Å². The van der Waals surface area contributed by atoms with E-state index in [9.17, 15) is 0 Å². The number of nitrogens with zero attached hydrogens (tertiary/aromatic N) is 2. The largest absolute Gasteiger partial charge is 0.326 e. The molecule has 2 nitrogen and oxygen atoms in total. The minimum Gasteiger partial charge on any atom is -0.326 e. The number of quaternary nitrogens is 1. The lowest BCUT2D eigenvalue weighted by atomic mass is 9.50. The molecule has 1 aliphatic heterocycles. The van der Waals surface area contributed by atoms with E-state index in [2.05, 4.69) is 39.9 Å². The van der Waals surface area contributed by atoms with Gasteiger partial charge in [0.25, 0.3) is 0 Å². The van der Waals surface area contributed by atoms with Crippen molar-refractivity contribution in [3.05, 3.63) is 0 Å². The summed E-state index contributed by atoms with van der Waals surface area (Å²) in [6.07, 6.45) is 4.49. The molecule has 3 aliphatic carbocycles. The molecule has 0 N–H and O–H groups in total. The summed E-state index contributed by atoms with van der Waals surface area (Å²) in [4.78, 5) is 2.45. The van der Waals surface area contributed by atoms with Gasteiger partial charge in [-0.25, -0.2) is 0 Å². The van der Waals surface area contributed by atoms with E-state index in [0.717, 1.165) is 35.5 Å². The molecule has 7 unspecified atom stereocenters. The van der Waals surface area contributed by atoms with Crippen LogP contribution in [0.5, 0.6) is 0 Å². The second kappa shape index (κ2) is 5.28. The Balaban J connectivity index is 1.85. The van der Waals surface area contributed by atoms with E-state index < -0.39 is 0 Å². The molecular weight excluding hydrogens is 244 g/mol. The van der Waals surface area contributed by atoms with Crippen LogP contribution in [-0.4, -0.2) is 56.7 Å². The van der Waals surface area contributed by atoms with Gasteiger partial charge in [0.1, 0.15) is 0 Å². The maximum absolute atomic E-state index is 2.51. The van der Waals surface area contributed by atoms with Crippen molar-refractivity contribution < 1.29 is 4.48 Å². The highest BCUT2D eigenvalue weighted by molar-refractivity contribution is 5.03. The number of rotatable bonds is 4. The molecule has 0 amide bonds. The summed E-state index contributed by atoms with van der Waals surface area (Å²) in [6, 6.07) is 0. The van der Waals surface area contributed by atoms with Crippen LogP contribution in [0.25, 0.3) is 0 Å². The van der Waals surface area contributed by atoms with Crippen LogP contribution >= 0.6 is 0 Å². The Hall–Kier alpha value is -0.0800. The first-order valence-corrected chi connectivity index (χ1v) is 8.97. The van der Waals surface area contributed by atoms with Gasteiger partial charge in [-0.2, -0.15) is 0 Å². The molecule has 4 fully saturated rings. The van der Waals surface area contributed by atoms with Crippen LogP contribution in [0.15, 0.2) is 0 Å². The zero-order chi connectivity index (χ0) is 14.5. The minimum absolute atomic E-state index is 0.985. The Morgan fingerprint density at radius 1 is 0.900 bits per heavy atom. The second-order valence-corrected chi connectivity index (χ2v) is 8.53. The Morgan fingerprint density at radius 3 is 1.90 bits per heavy atom. The Bertz CT molecular complexity index is 351. The van der Waals surface area contributed by atoms with Gasteiger partial charge in [0.05, 0.1) is 26.7 Å². The lowest BCUT2D eigenvalue weighted by Crippen LogP contribution is -2.52. The zero-order valence-electron chi connectivity index (χ0n) is 14.3. The van der Waals surface area contributed by atoms with E-state index in [1.807, 2.05) is 0 Å². The first kappa shape index (κ1) is 14.8. The van der Waals surface area contributed by atoms with Gasteiger partial charge < -0.3 is 9.38 Å². The molecule has 4 rings (SSSR count). The molecule has 2 heteroatoms. The van der Waals surface area contributed by atoms with E-state index in [1.165, 1.54) is 49.9 Å². The third-order valence-corrected chi connectivity index (χ3v) is 7.25. The average Bonchev–Trinajstić information content (AvgIpc) is 2.78. The molecule has 0 spiro atoms. The van der Waals surface area contributed by atoms with Gasteiger partial charge in [0.15, 0.2) is 0 Å². The molecule has 20 heavy (non-hydrogen) atoms. The van der Waals surface area contributed by atoms with E-state index in [4.69, 9.17) is 0 Å². The van der Waals surface area contributed by atoms with Gasteiger partial charge in [0, 0.05) is 18.4 Å². The number of likely N-dealkylation sites (tertiary alicyclic amines) is 1. The van der Waals surface area contributed by atoms with Crippen molar-refractivity contribution in [1.82, 2.24) is 4.90 Å². The van der Waals surface area contributed by atoms with Gasteiger partial charge in [-0.1, -0.05) is 13.3 Å². The highest BCUT2D eigenvalue weighted by atomic mass is 15.4. The SMILES string of the molecule is CCC1C2CCC(C1CN(C)C)C1C[N+](C)(CC)CC21. The van der Waals surface area contributed by atoms with Crippen molar-refractivity contribution in [2.45, 2.75) is 33.1 Å². The first-order chi connectivity index (χ1) is 9.49. The normalized spacial score (nSPS) is 50.7. The summed E-state index contributed by atoms with van der Waals surface area (Å²) in [5, 5.41) is 0. The van der Waals surface area contributed by atoms with Gasteiger partial charge in [-0.3, -0.25) is 0 Å². The third-order valence-electron chi connectivity index (χ3n) is 7.25. The maximum Gasteiger partial charge on any atom is 0.0820 e. The number of hydrogen-bond acceptors (Lipinski definition) is 1. The Labute approximate surface area is 126 Å². The van der Waals surface area contributed by atoms with Gasteiger partial charge in [-0.05, 0) is 57.5 Å². The van der Waals surface area contributed by atoms with Gasteiger partial charge in [0.2, 0.25) is 0 Å². The van der Waals surface area contributed by atoms with E-state index in [-0.39, 0.29) is 0 Å². The van der Waals surface area contributed by atoms with Crippen molar-refractivity contribution in [3.8, 4) is 0 Å². The number of fused-ring (bicyclic) bond motifs is 2. The van der Waals surface area contributed by atoms with Crippen LogP contribution in [0.1, 0.15) is 33.1 Å². The molecule has 116 valence electrons. The van der Waals surface area contributed by atoms with Crippen LogP contribution in [0.3, 0.4) is 0 Å². The third kappa shape index (κ3) is 2.23. The standard InChI is InChI=1S/C18H35N2/c1-6-13-14-8-9-15(16(13)10-19(3)4)18-12-20(5,7-2)11-17(14)18/h13-18H,6-12H2,1-5H3/q+1. The minimum atomic E-state index is 0.985. The molecular formula is C18H35N2+. The van der Waals surface area contributed by atoms with Crippen molar-refractivity contribution in [2.75, 3.05) is 47.3 Å². The highest BCUT2D eigenvalue weighted by Gasteiger charge is 2.59. The lowest BCUT2D eigenvalue weighted by Gasteiger charge is -2.54. The van der Waals surface area contributed by atoms with Crippen LogP contribution in [0.4, 0.5) is 0 Å².